The van der Waals surface area contributed by atoms with Crippen molar-refractivity contribution in [1.82, 2.24) is 4.90 Å². The number of nitrogens with two attached hydrogens (primary N) is 1. The molecule has 8 heteroatoms. The van der Waals surface area contributed by atoms with Crippen molar-refractivity contribution >= 4 is 29.4 Å². The first-order valence-corrected chi connectivity index (χ1v) is 9.62. The minimum atomic E-state index is -1.02. The van der Waals surface area contributed by atoms with Gasteiger partial charge in [0.2, 0.25) is 11.8 Å². The molecule has 0 aromatic heterocycles. The summed E-state index contributed by atoms with van der Waals surface area (Å²) in [5.41, 5.74) is 7.19. The molecule has 8 nitrogen and oxygen atoms in total. The van der Waals surface area contributed by atoms with E-state index in [1.165, 1.54) is 31.2 Å². The second-order valence-electron chi connectivity index (χ2n) is 7.09. The number of amides is 3. The Morgan fingerprint density at radius 2 is 1.70 bits per heavy atom. The van der Waals surface area contributed by atoms with E-state index in [1.807, 2.05) is 0 Å². The van der Waals surface area contributed by atoms with Crippen LogP contribution in [-0.2, 0) is 20.9 Å². The molecular weight excluding hydrogens is 386 g/mol. The molecule has 0 aliphatic carbocycles. The number of nitrogens with zero attached hydrogens (tertiary/aromatic N) is 1. The Morgan fingerprint density at radius 3 is 2.27 bits per heavy atom. The molecule has 1 saturated heterocycles. The van der Waals surface area contributed by atoms with Crippen LogP contribution in [0.15, 0.2) is 48.5 Å². The van der Waals surface area contributed by atoms with Gasteiger partial charge in [0.15, 0.2) is 6.10 Å². The van der Waals surface area contributed by atoms with Crippen LogP contribution >= 0.6 is 0 Å². The first-order chi connectivity index (χ1) is 14.3. The van der Waals surface area contributed by atoms with Crippen LogP contribution in [0.4, 0.5) is 5.69 Å². The van der Waals surface area contributed by atoms with Crippen molar-refractivity contribution in [2.45, 2.75) is 32.4 Å². The van der Waals surface area contributed by atoms with E-state index < -0.39 is 23.9 Å². The van der Waals surface area contributed by atoms with E-state index in [1.54, 1.807) is 29.2 Å². The van der Waals surface area contributed by atoms with Crippen molar-refractivity contribution in [3.8, 4) is 0 Å². The molecule has 156 valence electrons. The van der Waals surface area contributed by atoms with E-state index in [9.17, 15) is 19.2 Å². The summed E-state index contributed by atoms with van der Waals surface area (Å²) in [5, 5.41) is 2.61. The van der Waals surface area contributed by atoms with Crippen LogP contribution in [0.1, 0.15) is 46.0 Å². The highest BCUT2D eigenvalue weighted by atomic mass is 16.5. The molecule has 0 unspecified atom stereocenters. The molecular formula is C22H23N3O5. The van der Waals surface area contributed by atoms with Gasteiger partial charge in [-0.3, -0.25) is 14.4 Å². The molecule has 1 aliphatic heterocycles. The standard InChI is InChI=1S/C22H23N3O5/c1-14(21(28)24-18-10-8-16(9-11-18)20(23)27)30-22(29)17-6-4-15(5-7-17)13-25-12-2-3-19(25)26/h4-11,14H,2-3,12-13H2,1H3,(H2,23,27)(H,24,28)/t14-/m1/s1. The first-order valence-electron chi connectivity index (χ1n) is 9.62. The fraction of sp³-hybridized carbons (Fsp3) is 0.273. The number of carbonyl (C=O) groups is 4. The molecule has 3 amide bonds. The molecule has 30 heavy (non-hydrogen) atoms. The van der Waals surface area contributed by atoms with Crippen LogP contribution in [-0.4, -0.2) is 41.2 Å². The summed E-state index contributed by atoms with van der Waals surface area (Å²) in [6.45, 7) is 2.74. The van der Waals surface area contributed by atoms with Crippen molar-refractivity contribution in [3.63, 3.8) is 0 Å². The van der Waals surface area contributed by atoms with Crippen LogP contribution in [0.3, 0.4) is 0 Å². The summed E-state index contributed by atoms with van der Waals surface area (Å²) >= 11 is 0. The summed E-state index contributed by atoms with van der Waals surface area (Å²) in [6.07, 6.45) is 0.438. The molecule has 1 aliphatic rings. The average Bonchev–Trinajstić information content (AvgIpc) is 3.13. The molecule has 1 heterocycles. The summed E-state index contributed by atoms with van der Waals surface area (Å²) in [5.74, 6) is -1.54. The highest BCUT2D eigenvalue weighted by Gasteiger charge is 2.21. The Hall–Kier alpha value is -3.68. The van der Waals surface area contributed by atoms with Gasteiger partial charge in [0.25, 0.3) is 5.91 Å². The number of ether oxygens (including phenoxy) is 1. The molecule has 3 N–H and O–H groups in total. The molecule has 3 rings (SSSR count). The van der Waals surface area contributed by atoms with E-state index in [0.717, 1.165) is 18.5 Å². The predicted molar refractivity (Wildman–Crippen MR) is 110 cm³/mol. The van der Waals surface area contributed by atoms with Gasteiger partial charge in [0, 0.05) is 30.8 Å². The van der Waals surface area contributed by atoms with Gasteiger partial charge in [-0.25, -0.2) is 4.79 Å². The third kappa shape index (κ3) is 5.22. The lowest BCUT2D eigenvalue weighted by molar-refractivity contribution is -0.128. The topological polar surface area (TPSA) is 119 Å². The monoisotopic (exact) mass is 409 g/mol. The van der Waals surface area contributed by atoms with Gasteiger partial charge in [0.1, 0.15) is 0 Å². The fourth-order valence-electron chi connectivity index (χ4n) is 3.08. The van der Waals surface area contributed by atoms with Crippen LogP contribution in [0.2, 0.25) is 0 Å². The minimum absolute atomic E-state index is 0.141. The summed E-state index contributed by atoms with van der Waals surface area (Å²) in [6, 6.07) is 12.8. The highest BCUT2D eigenvalue weighted by Crippen LogP contribution is 2.16. The molecule has 2 aromatic carbocycles. The Labute approximate surface area is 174 Å². The largest absolute Gasteiger partial charge is 0.449 e. The Balaban J connectivity index is 1.53. The molecule has 2 aromatic rings. The Morgan fingerprint density at radius 1 is 1.07 bits per heavy atom. The second kappa shape index (κ2) is 9.21. The lowest BCUT2D eigenvalue weighted by Crippen LogP contribution is -2.30. The number of carbonyl (C=O) groups excluding carboxylic acids is 4. The Kier molecular flexibility index (Phi) is 6.46. The molecule has 0 spiro atoms. The second-order valence-corrected chi connectivity index (χ2v) is 7.09. The van der Waals surface area contributed by atoms with Gasteiger partial charge in [0.05, 0.1) is 5.56 Å². The average molecular weight is 409 g/mol. The molecule has 1 fully saturated rings. The van der Waals surface area contributed by atoms with E-state index in [0.29, 0.717) is 29.8 Å². The predicted octanol–water partition coefficient (Wildman–Crippen LogP) is 2.09. The number of esters is 1. The SMILES string of the molecule is C[C@@H](OC(=O)c1ccc(CN2CCCC2=O)cc1)C(=O)Nc1ccc(C(N)=O)cc1. The van der Waals surface area contributed by atoms with Crippen molar-refractivity contribution < 1.29 is 23.9 Å². The third-order valence-corrected chi connectivity index (χ3v) is 4.82. The van der Waals surface area contributed by atoms with Gasteiger partial charge in [-0.1, -0.05) is 12.1 Å². The normalized spacial score (nSPS) is 14.3. The summed E-state index contributed by atoms with van der Waals surface area (Å²) in [4.78, 5) is 49.2. The minimum Gasteiger partial charge on any atom is -0.449 e. The van der Waals surface area contributed by atoms with E-state index in [2.05, 4.69) is 5.32 Å². The van der Waals surface area contributed by atoms with Crippen molar-refractivity contribution in [3.05, 3.63) is 65.2 Å². The summed E-state index contributed by atoms with van der Waals surface area (Å²) < 4.78 is 5.23. The van der Waals surface area contributed by atoms with Gasteiger partial charge >= 0.3 is 5.97 Å². The number of nitrogens with one attached hydrogen (secondary N) is 1. The number of hydrogen-bond donors (Lipinski definition) is 2. The van der Waals surface area contributed by atoms with Gasteiger partial charge in [-0.05, 0) is 55.3 Å². The number of benzene rings is 2. The summed E-state index contributed by atoms with van der Waals surface area (Å²) in [7, 11) is 0. The maximum absolute atomic E-state index is 12.3. The highest BCUT2D eigenvalue weighted by molar-refractivity contribution is 5.98. The maximum atomic E-state index is 12.3. The first kappa shape index (κ1) is 21.0. The molecule has 1 atom stereocenters. The number of anilines is 1. The zero-order chi connectivity index (χ0) is 21.7. The number of hydrogen-bond acceptors (Lipinski definition) is 5. The zero-order valence-electron chi connectivity index (χ0n) is 16.6. The van der Waals surface area contributed by atoms with Crippen molar-refractivity contribution in [2.75, 3.05) is 11.9 Å². The third-order valence-electron chi connectivity index (χ3n) is 4.82. The lowest BCUT2D eigenvalue weighted by atomic mass is 10.1. The van der Waals surface area contributed by atoms with Crippen LogP contribution < -0.4 is 11.1 Å². The zero-order valence-corrected chi connectivity index (χ0v) is 16.6. The van der Waals surface area contributed by atoms with Crippen LogP contribution in [0.5, 0.6) is 0 Å². The van der Waals surface area contributed by atoms with E-state index in [-0.39, 0.29) is 5.91 Å². The van der Waals surface area contributed by atoms with Crippen molar-refractivity contribution in [1.29, 1.82) is 0 Å². The van der Waals surface area contributed by atoms with Gasteiger partial charge in [-0.15, -0.1) is 0 Å². The van der Waals surface area contributed by atoms with Crippen LogP contribution in [0.25, 0.3) is 0 Å². The molecule has 0 radical (unpaired) electrons. The number of rotatable bonds is 7. The van der Waals surface area contributed by atoms with E-state index >= 15 is 0 Å². The maximum Gasteiger partial charge on any atom is 0.338 e. The smallest absolute Gasteiger partial charge is 0.338 e. The van der Waals surface area contributed by atoms with E-state index in [4.69, 9.17) is 10.5 Å². The Bertz CT molecular complexity index is 954. The fourth-order valence-corrected chi connectivity index (χ4v) is 3.08. The lowest BCUT2D eigenvalue weighted by Gasteiger charge is -2.16. The number of primary amides is 1. The number of likely N-dealkylation sites (tertiary alicyclic amines) is 1. The van der Waals surface area contributed by atoms with Crippen molar-refractivity contribution in [2.24, 2.45) is 5.73 Å². The molecule has 0 saturated carbocycles. The quantitative estimate of drug-likeness (QED) is 0.679. The van der Waals surface area contributed by atoms with Gasteiger partial charge < -0.3 is 20.7 Å². The van der Waals surface area contributed by atoms with Crippen LogP contribution in [0, 0.1) is 0 Å². The molecule has 0 bridgehead atoms. The van der Waals surface area contributed by atoms with Gasteiger partial charge in [-0.2, -0.15) is 0 Å².